The topological polar surface area (TPSA) is 49.8 Å². The minimum absolute atomic E-state index is 0.171. The molecule has 2 aromatic rings. The Morgan fingerprint density at radius 2 is 1.35 bits per heavy atom. The fourth-order valence-corrected chi connectivity index (χ4v) is 3.73. The summed E-state index contributed by atoms with van der Waals surface area (Å²) in [6.07, 6.45) is -1.56. The van der Waals surface area contributed by atoms with E-state index in [-0.39, 0.29) is 17.7 Å². The van der Waals surface area contributed by atoms with Crippen LogP contribution in [0.2, 0.25) is 0 Å². The van der Waals surface area contributed by atoms with Gasteiger partial charge in [-0.25, -0.2) is 0 Å². The van der Waals surface area contributed by atoms with Crippen LogP contribution in [0.15, 0.2) is 60.7 Å². The highest BCUT2D eigenvalue weighted by molar-refractivity contribution is 5.83. The van der Waals surface area contributed by atoms with Gasteiger partial charge in [-0.05, 0) is 31.9 Å². The molecule has 1 amide bonds. The van der Waals surface area contributed by atoms with Crippen LogP contribution in [0.25, 0.3) is 0 Å². The van der Waals surface area contributed by atoms with Crippen LogP contribution >= 0.6 is 0 Å². The second-order valence-electron chi connectivity index (χ2n) is 7.89. The number of amides is 1. The van der Waals surface area contributed by atoms with E-state index >= 15 is 0 Å². The van der Waals surface area contributed by atoms with Crippen molar-refractivity contribution in [3.05, 3.63) is 71.8 Å². The zero-order valence-corrected chi connectivity index (χ0v) is 15.8. The van der Waals surface area contributed by atoms with E-state index in [0.29, 0.717) is 0 Å². The number of carbonyl (C=O) groups excluding carboxylic acids is 1. The van der Waals surface area contributed by atoms with Crippen molar-refractivity contribution < 1.29 is 14.6 Å². The molecule has 0 bridgehead atoms. The highest BCUT2D eigenvalue weighted by Crippen LogP contribution is 2.45. The van der Waals surface area contributed by atoms with Crippen LogP contribution in [0.4, 0.5) is 0 Å². The van der Waals surface area contributed by atoms with E-state index in [2.05, 4.69) is 0 Å². The number of nitrogens with zero attached hydrogens (tertiary/aromatic N) is 1. The SMILES string of the molecule is CN1C(=O)[C@H](O)[C@@H](c2ccccc2)[C@H](c2ccccc2)[C@H]1OC(C)(C)C. The predicted octanol–water partition coefficient (Wildman–Crippen LogP) is 3.53. The van der Waals surface area contributed by atoms with Crippen molar-refractivity contribution in [2.24, 2.45) is 0 Å². The highest BCUT2D eigenvalue weighted by atomic mass is 16.5. The summed E-state index contributed by atoms with van der Waals surface area (Å²) < 4.78 is 6.32. The molecule has 1 saturated heterocycles. The zero-order chi connectivity index (χ0) is 18.9. The van der Waals surface area contributed by atoms with E-state index in [1.165, 1.54) is 0 Å². The fourth-order valence-electron chi connectivity index (χ4n) is 3.73. The molecule has 1 aliphatic rings. The molecule has 0 unspecified atom stereocenters. The lowest BCUT2D eigenvalue weighted by atomic mass is 9.73. The molecule has 1 N–H and O–H groups in total. The molecule has 0 saturated carbocycles. The van der Waals surface area contributed by atoms with Gasteiger partial charge in [0.15, 0.2) is 0 Å². The van der Waals surface area contributed by atoms with Crippen molar-refractivity contribution in [1.82, 2.24) is 4.90 Å². The van der Waals surface area contributed by atoms with Crippen LogP contribution in [0.1, 0.15) is 43.7 Å². The van der Waals surface area contributed by atoms with Gasteiger partial charge in [-0.2, -0.15) is 0 Å². The van der Waals surface area contributed by atoms with Gasteiger partial charge in [0.1, 0.15) is 12.3 Å². The first-order chi connectivity index (χ1) is 12.3. The second kappa shape index (κ2) is 7.22. The molecular weight excluding hydrogens is 326 g/mol. The fraction of sp³-hybridized carbons (Fsp3) is 0.409. The van der Waals surface area contributed by atoms with Crippen LogP contribution in [-0.4, -0.2) is 40.9 Å². The lowest BCUT2D eigenvalue weighted by Crippen LogP contribution is -2.58. The number of hydrogen-bond acceptors (Lipinski definition) is 3. The summed E-state index contributed by atoms with van der Waals surface area (Å²) in [5.41, 5.74) is 1.57. The Morgan fingerprint density at radius 1 is 0.885 bits per heavy atom. The number of likely N-dealkylation sites (N-methyl/N-ethyl adjacent to an activating group) is 1. The highest BCUT2D eigenvalue weighted by Gasteiger charge is 2.49. The van der Waals surface area contributed by atoms with Crippen LogP contribution in [0.5, 0.6) is 0 Å². The second-order valence-corrected chi connectivity index (χ2v) is 7.89. The lowest BCUT2D eigenvalue weighted by Gasteiger charge is -2.48. The number of ether oxygens (including phenoxy) is 1. The zero-order valence-electron chi connectivity index (χ0n) is 15.8. The molecule has 2 aromatic carbocycles. The quantitative estimate of drug-likeness (QED) is 0.918. The summed E-state index contributed by atoms with van der Waals surface area (Å²) in [6, 6.07) is 19.8. The molecule has 0 aromatic heterocycles. The van der Waals surface area contributed by atoms with E-state index in [4.69, 9.17) is 4.74 Å². The molecule has 1 heterocycles. The Bertz CT molecular complexity index is 739. The standard InChI is InChI=1S/C22H27NO3/c1-22(2,3)26-21-18(16-13-9-6-10-14-16)17(15-11-7-5-8-12-15)19(24)20(25)23(21)4/h5-14,17-19,21,24H,1-4H3/t17-,18-,19+,21+/m0/s1. The lowest BCUT2D eigenvalue weighted by molar-refractivity contribution is -0.187. The molecule has 0 spiro atoms. The van der Waals surface area contributed by atoms with Gasteiger partial charge >= 0.3 is 0 Å². The average Bonchev–Trinajstić information content (AvgIpc) is 2.62. The van der Waals surface area contributed by atoms with E-state index in [0.717, 1.165) is 11.1 Å². The Labute approximate surface area is 155 Å². The van der Waals surface area contributed by atoms with Gasteiger partial charge < -0.3 is 14.7 Å². The molecule has 0 aliphatic carbocycles. The number of carbonyl (C=O) groups is 1. The average molecular weight is 353 g/mol. The third-order valence-corrected chi connectivity index (χ3v) is 4.86. The number of piperidine rings is 1. The van der Waals surface area contributed by atoms with Crippen molar-refractivity contribution in [3.63, 3.8) is 0 Å². The van der Waals surface area contributed by atoms with E-state index in [1.807, 2.05) is 81.4 Å². The van der Waals surface area contributed by atoms with Crippen LogP contribution in [-0.2, 0) is 9.53 Å². The van der Waals surface area contributed by atoms with E-state index in [1.54, 1.807) is 11.9 Å². The van der Waals surface area contributed by atoms with Gasteiger partial charge in [-0.3, -0.25) is 4.79 Å². The summed E-state index contributed by atoms with van der Waals surface area (Å²) in [5, 5.41) is 10.9. The van der Waals surface area contributed by atoms with Crippen molar-refractivity contribution in [1.29, 1.82) is 0 Å². The molecule has 4 nitrogen and oxygen atoms in total. The molecule has 138 valence electrons. The van der Waals surface area contributed by atoms with Gasteiger partial charge in [0.2, 0.25) is 0 Å². The molecule has 4 atom stereocenters. The first-order valence-electron chi connectivity index (χ1n) is 9.02. The predicted molar refractivity (Wildman–Crippen MR) is 102 cm³/mol. The summed E-state index contributed by atoms with van der Waals surface area (Å²) >= 11 is 0. The number of aliphatic hydroxyl groups is 1. The Kier molecular flexibility index (Phi) is 5.17. The van der Waals surface area contributed by atoms with Gasteiger partial charge in [-0.15, -0.1) is 0 Å². The van der Waals surface area contributed by atoms with Gasteiger partial charge in [0, 0.05) is 18.9 Å². The number of likely N-dealkylation sites (tertiary alicyclic amines) is 1. The van der Waals surface area contributed by atoms with Gasteiger partial charge in [0.05, 0.1) is 5.60 Å². The normalized spacial score (nSPS) is 26.8. The summed E-state index contributed by atoms with van der Waals surface area (Å²) in [7, 11) is 1.71. The van der Waals surface area contributed by atoms with Crippen molar-refractivity contribution >= 4 is 5.91 Å². The van der Waals surface area contributed by atoms with E-state index in [9.17, 15) is 9.90 Å². The summed E-state index contributed by atoms with van der Waals surface area (Å²) in [4.78, 5) is 14.3. The molecule has 3 rings (SSSR count). The molecule has 0 radical (unpaired) electrons. The maximum absolute atomic E-state index is 12.8. The number of rotatable bonds is 3. The third-order valence-electron chi connectivity index (χ3n) is 4.86. The molecule has 1 aliphatic heterocycles. The Morgan fingerprint density at radius 3 is 1.81 bits per heavy atom. The molecule has 1 fully saturated rings. The van der Waals surface area contributed by atoms with Crippen molar-refractivity contribution in [3.8, 4) is 0 Å². The Hall–Kier alpha value is -2.17. The number of benzene rings is 2. The summed E-state index contributed by atoms with van der Waals surface area (Å²) in [5.74, 6) is -0.842. The van der Waals surface area contributed by atoms with Crippen molar-refractivity contribution in [2.45, 2.75) is 50.5 Å². The molecular formula is C22H27NO3. The maximum Gasteiger partial charge on any atom is 0.253 e. The molecule has 26 heavy (non-hydrogen) atoms. The number of aliphatic hydroxyl groups excluding tert-OH is 1. The first-order valence-corrected chi connectivity index (χ1v) is 9.02. The smallest absolute Gasteiger partial charge is 0.253 e. The van der Waals surface area contributed by atoms with E-state index < -0.39 is 17.9 Å². The largest absolute Gasteiger partial charge is 0.383 e. The van der Waals surface area contributed by atoms with Crippen LogP contribution in [0, 0.1) is 0 Å². The summed E-state index contributed by atoms with van der Waals surface area (Å²) in [6.45, 7) is 5.95. The number of hydrogen-bond donors (Lipinski definition) is 1. The minimum atomic E-state index is -1.10. The van der Waals surface area contributed by atoms with Crippen LogP contribution < -0.4 is 0 Å². The van der Waals surface area contributed by atoms with Gasteiger partial charge in [-0.1, -0.05) is 60.7 Å². The van der Waals surface area contributed by atoms with Crippen LogP contribution in [0.3, 0.4) is 0 Å². The van der Waals surface area contributed by atoms with Crippen molar-refractivity contribution in [2.75, 3.05) is 7.05 Å². The van der Waals surface area contributed by atoms with Gasteiger partial charge in [0.25, 0.3) is 5.91 Å². The molecule has 4 heteroatoms. The first kappa shape index (κ1) is 18.6. The minimum Gasteiger partial charge on any atom is -0.383 e. The maximum atomic E-state index is 12.8. The Balaban J connectivity index is 2.14. The monoisotopic (exact) mass is 353 g/mol. The third kappa shape index (κ3) is 3.67.